The Morgan fingerprint density at radius 3 is 2.48 bits per heavy atom. The van der Waals surface area contributed by atoms with Gasteiger partial charge in [0, 0.05) is 21.2 Å². The number of nitrogens with two attached hydrogens (primary N) is 4. The molecule has 4 rings (SSSR count). The van der Waals surface area contributed by atoms with Gasteiger partial charge in [-0.1, -0.05) is 18.2 Å². The van der Waals surface area contributed by atoms with Gasteiger partial charge in [-0.05, 0) is 59.0 Å². The van der Waals surface area contributed by atoms with Gasteiger partial charge >= 0.3 is 0 Å². The van der Waals surface area contributed by atoms with Crippen LogP contribution in [0.15, 0.2) is 70.8 Å². The Balaban J connectivity index is 1.68. The number of nitrogens with zero attached hydrogens (tertiary/aromatic N) is 3. The number of guanidine groups is 2. The minimum atomic E-state index is -0.00809. The molecule has 0 amide bonds. The summed E-state index contributed by atoms with van der Waals surface area (Å²) < 4.78 is 1.19. The van der Waals surface area contributed by atoms with Crippen molar-refractivity contribution in [2.75, 3.05) is 0 Å². The van der Waals surface area contributed by atoms with Crippen molar-refractivity contribution in [3.8, 4) is 10.4 Å². The number of hydrogen-bond donors (Lipinski definition) is 4. The zero-order valence-corrected chi connectivity index (χ0v) is 16.2. The Morgan fingerprint density at radius 1 is 0.862 bits per heavy atom. The van der Waals surface area contributed by atoms with Crippen molar-refractivity contribution < 1.29 is 0 Å². The lowest BCUT2D eigenvalue weighted by Crippen LogP contribution is -2.22. The monoisotopic (exact) mass is 401 g/mol. The fourth-order valence-electron chi connectivity index (χ4n) is 2.97. The highest BCUT2D eigenvalue weighted by molar-refractivity contribution is 7.22. The molecule has 0 spiro atoms. The Morgan fingerprint density at radius 2 is 1.69 bits per heavy atom. The quantitative estimate of drug-likeness (QED) is 0.307. The molecule has 0 saturated heterocycles. The Bertz CT molecular complexity index is 1290. The van der Waals surface area contributed by atoms with E-state index in [9.17, 15) is 0 Å². The van der Waals surface area contributed by atoms with Gasteiger partial charge in [0.25, 0.3) is 0 Å². The molecular formula is C21H19N7S. The standard InChI is InChI=1S/C21H19N7S/c22-20(23)26-8-7-12-1-2-15-11-18(29-17(15)9-12)14-3-5-16-13(10-14)4-6-19(27-16)28-21(24)25/h1-11H,(H4,22,23,26)(H4,24,25,27,28)/b8-7+. The largest absolute Gasteiger partial charge is 0.370 e. The van der Waals surface area contributed by atoms with Crippen LogP contribution >= 0.6 is 11.3 Å². The van der Waals surface area contributed by atoms with Crippen LogP contribution in [0.25, 0.3) is 37.5 Å². The third-order valence-electron chi connectivity index (χ3n) is 4.24. The SMILES string of the molecule is NC(N)=N/C=C/c1ccc2cc(-c3ccc4nc(N=C(N)N)ccc4c3)sc2c1. The van der Waals surface area contributed by atoms with E-state index in [-0.39, 0.29) is 11.9 Å². The molecule has 0 bridgehead atoms. The maximum Gasteiger partial charge on any atom is 0.192 e. The van der Waals surface area contributed by atoms with Gasteiger partial charge < -0.3 is 22.9 Å². The number of hydrogen-bond acceptors (Lipinski definition) is 4. The maximum absolute atomic E-state index is 5.42. The van der Waals surface area contributed by atoms with E-state index in [4.69, 9.17) is 22.9 Å². The molecule has 144 valence electrons. The first-order chi connectivity index (χ1) is 14.0. The summed E-state index contributed by atoms with van der Waals surface area (Å²) in [6.45, 7) is 0. The predicted molar refractivity (Wildman–Crippen MR) is 123 cm³/mol. The molecule has 4 aromatic rings. The number of rotatable bonds is 4. The molecule has 8 N–H and O–H groups in total. The number of pyridine rings is 1. The second-order valence-corrected chi connectivity index (χ2v) is 7.47. The predicted octanol–water partition coefficient (Wildman–Crippen LogP) is 3.27. The first kappa shape index (κ1) is 18.5. The van der Waals surface area contributed by atoms with Gasteiger partial charge in [-0.3, -0.25) is 0 Å². The van der Waals surface area contributed by atoms with E-state index >= 15 is 0 Å². The number of thiophene rings is 1. The molecule has 0 radical (unpaired) electrons. The van der Waals surface area contributed by atoms with Gasteiger partial charge in [-0.25, -0.2) is 9.98 Å². The molecule has 0 aliphatic heterocycles. The van der Waals surface area contributed by atoms with E-state index < -0.39 is 0 Å². The molecule has 0 aliphatic rings. The molecule has 0 atom stereocenters. The molecule has 7 nitrogen and oxygen atoms in total. The van der Waals surface area contributed by atoms with Gasteiger partial charge in [0.2, 0.25) is 0 Å². The Kier molecular flexibility index (Phi) is 4.84. The molecule has 2 aromatic carbocycles. The highest BCUT2D eigenvalue weighted by Crippen LogP contribution is 2.35. The Hall–Kier alpha value is -3.91. The second kappa shape index (κ2) is 7.61. The minimum absolute atomic E-state index is 0.00809. The van der Waals surface area contributed by atoms with E-state index in [1.54, 1.807) is 23.6 Å². The van der Waals surface area contributed by atoms with Crippen molar-refractivity contribution in [2.45, 2.75) is 0 Å². The Labute approximate surface area is 171 Å². The topological polar surface area (TPSA) is 142 Å². The number of aliphatic imine (C=N–C) groups is 2. The summed E-state index contributed by atoms with van der Waals surface area (Å²) in [7, 11) is 0. The summed E-state index contributed by atoms with van der Waals surface area (Å²) >= 11 is 1.73. The van der Waals surface area contributed by atoms with Crippen LogP contribution in [0.3, 0.4) is 0 Å². The van der Waals surface area contributed by atoms with Crippen molar-refractivity contribution in [1.82, 2.24) is 4.98 Å². The van der Waals surface area contributed by atoms with Crippen molar-refractivity contribution in [3.63, 3.8) is 0 Å². The molecule has 0 fully saturated rings. The molecule has 0 saturated carbocycles. The van der Waals surface area contributed by atoms with E-state index in [2.05, 4.69) is 45.3 Å². The zero-order valence-electron chi connectivity index (χ0n) is 15.4. The van der Waals surface area contributed by atoms with Crippen LogP contribution in [0.4, 0.5) is 5.82 Å². The van der Waals surface area contributed by atoms with Gasteiger partial charge in [-0.2, -0.15) is 4.99 Å². The van der Waals surface area contributed by atoms with Crippen LogP contribution in [-0.2, 0) is 0 Å². The molecule has 2 aromatic heterocycles. The van der Waals surface area contributed by atoms with Crippen LogP contribution in [0.1, 0.15) is 5.56 Å². The summed E-state index contributed by atoms with van der Waals surface area (Å²) in [5.41, 5.74) is 24.5. The van der Waals surface area contributed by atoms with Crippen LogP contribution in [0.2, 0.25) is 0 Å². The summed E-state index contributed by atoms with van der Waals surface area (Å²) in [6, 6.07) is 18.3. The minimum Gasteiger partial charge on any atom is -0.370 e. The van der Waals surface area contributed by atoms with E-state index in [1.165, 1.54) is 15.0 Å². The van der Waals surface area contributed by atoms with E-state index in [0.717, 1.165) is 22.0 Å². The zero-order chi connectivity index (χ0) is 20.4. The maximum atomic E-state index is 5.42. The van der Waals surface area contributed by atoms with Crippen LogP contribution in [0, 0.1) is 0 Å². The summed E-state index contributed by atoms with van der Waals surface area (Å²) in [6.07, 6.45) is 3.46. The van der Waals surface area contributed by atoms with Crippen LogP contribution in [-0.4, -0.2) is 16.9 Å². The third kappa shape index (κ3) is 4.17. The third-order valence-corrected chi connectivity index (χ3v) is 5.38. The molecular weight excluding hydrogens is 382 g/mol. The summed E-state index contributed by atoms with van der Waals surface area (Å²) in [5.74, 6) is 0.525. The first-order valence-corrected chi connectivity index (χ1v) is 9.59. The van der Waals surface area contributed by atoms with Crippen molar-refractivity contribution in [2.24, 2.45) is 32.9 Å². The molecule has 0 unspecified atom stereocenters. The van der Waals surface area contributed by atoms with E-state index in [0.29, 0.717) is 5.82 Å². The van der Waals surface area contributed by atoms with Gasteiger partial charge in [0.05, 0.1) is 5.52 Å². The fourth-order valence-corrected chi connectivity index (χ4v) is 4.07. The highest BCUT2D eigenvalue weighted by Gasteiger charge is 2.07. The lowest BCUT2D eigenvalue weighted by molar-refractivity contribution is 1.30. The highest BCUT2D eigenvalue weighted by atomic mass is 32.1. The van der Waals surface area contributed by atoms with Gasteiger partial charge in [0.15, 0.2) is 17.7 Å². The molecule has 2 heterocycles. The summed E-state index contributed by atoms with van der Waals surface area (Å²) in [4.78, 5) is 13.5. The fraction of sp³-hybridized carbons (Fsp3) is 0. The van der Waals surface area contributed by atoms with Crippen molar-refractivity contribution >= 4 is 56.1 Å². The van der Waals surface area contributed by atoms with Crippen molar-refractivity contribution in [3.05, 3.63) is 66.4 Å². The van der Waals surface area contributed by atoms with Gasteiger partial charge in [0.1, 0.15) is 0 Å². The molecule has 8 heteroatoms. The number of benzene rings is 2. The summed E-state index contributed by atoms with van der Waals surface area (Å²) in [5, 5.41) is 2.21. The average molecular weight is 401 g/mol. The van der Waals surface area contributed by atoms with Crippen LogP contribution < -0.4 is 22.9 Å². The number of aromatic nitrogens is 1. The average Bonchev–Trinajstić information content (AvgIpc) is 3.10. The van der Waals surface area contributed by atoms with Crippen LogP contribution in [0.5, 0.6) is 0 Å². The normalized spacial score (nSPS) is 11.2. The second-order valence-electron chi connectivity index (χ2n) is 6.39. The van der Waals surface area contributed by atoms with Gasteiger partial charge in [-0.15, -0.1) is 11.3 Å². The molecule has 0 aliphatic carbocycles. The smallest absolute Gasteiger partial charge is 0.192 e. The molecule has 29 heavy (non-hydrogen) atoms. The number of fused-ring (bicyclic) bond motifs is 2. The lowest BCUT2D eigenvalue weighted by Gasteiger charge is -2.02. The lowest BCUT2D eigenvalue weighted by atomic mass is 10.1. The van der Waals surface area contributed by atoms with Crippen molar-refractivity contribution in [1.29, 1.82) is 0 Å². The van der Waals surface area contributed by atoms with E-state index in [1.807, 2.05) is 24.3 Å². The first-order valence-electron chi connectivity index (χ1n) is 8.78.